The summed E-state index contributed by atoms with van der Waals surface area (Å²) < 4.78 is 5.16. The number of hydrogen-bond donors (Lipinski definition) is 3. The van der Waals surface area contributed by atoms with Crippen molar-refractivity contribution in [2.45, 2.75) is 35.2 Å². The van der Waals surface area contributed by atoms with E-state index in [9.17, 15) is 9.59 Å². The minimum atomic E-state index is -0.879. The second-order valence-electron chi connectivity index (χ2n) is 5.94. The maximum atomic E-state index is 12.7. The van der Waals surface area contributed by atoms with Crippen molar-refractivity contribution in [2.75, 3.05) is 11.5 Å². The molecule has 0 bridgehead atoms. The maximum absolute atomic E-state index is 12.7. The number of benzene rings is 1. The first-order valence-electron chi connectivity index (χ1n) is 7.75. The molecule has 8 heteroatoms. The smallest absolute Gasteiger partial charge is 0.326 e. The average molecular weight is 368 g/mol. The fourth-order valence-electron chi connectivity index (χ4n) is 3.05. The number of ether oxygens (including phenoxy) is 1. The number of nitrogens with two attached hydrogens (primary N) is 1. The van der Waals surface area contributed by atoms with Gasteiger partial charge in [-0.1, -0.05) is 30.3 Å². The molecule has 6 nitrogen and oxygen atoms in total. The molecule has 2 fully saturated rings. The summed E-state index contributed by atoms with van der Waals surface area (Å²) in [5.74, 6) is 0.481. The third-order valence-electron chi connectivity index (χ3n) is 4.24. The van der Waals surface area contributed by atoms with E-state index in [2.05, 4.69) is 5.32 Å². The molecular weight excluding hydrogens is 348 g/mol. The van der Waals surface area contributed by atoms with Crippen LogP contribution >= 0.6 is 23.5 Å². The Labute approximate surface area is 148 Å². The van der Waals surface area contributed by atoms with Gasteiger partial charge in [-0.25, -0.2) is 0 Å². The molecule has 1 spiro atoms. The molecule has 2 aliphatic rings. The highest BCUT2D eigenvalue weighted by molar-refractivity contribution is 8.05. The fourth-order valence-corrected chi connectivity index (χ4v) is 6.53. The van der Waals surface area contributed by atoms with Gasteiger partial charge in [0.2, 0.25) is 0 Å². The second kappa shape index (κ2) is 7.35. The molecule has 0 aromatic heterocycles. The number of carboxylic acids is 1. The van der Waals surface area contributed by atoms with Crippen molar-refractivity contribution in [1.82, 2.24) is 5.32 Å². The van der Waals surface area contributed by atoms with Crippen LogP contribution in [0, 0.1) is 0 Å². The third-order valence-corrected chi connectivity index (χ3v) is 7.27. The van der Waals surface area contributed by atoms with Crippen molar-refractivity contribution in [3.63, 3.8) is 0 Å². The van der Waals surface area contributed by atoms with E-state index in [1.807, 2.05) is 30.3 Å². The van der Waals surface area contributed by atoms with E-state index in [-0.39, 0.29) is 16.5 Å². The SMILES string of the molecule is NC(OC(=O)C1NC(CC(=O)O)SC12CCSC2)c1ccccc1. The second-order valence-corrected chi connectivity index (χ2v) is 8.66. The number of carbonyl (C=O) groups is 2. The monoisotopic (exact) mass is 368 g/mol. The minimum Gasteiger partial charge on any atom is -0.481 e. The van der Waals surface area contributed by atoms with Gasteiger partial charge in [0.05, 0.1) is 16.5 Å². The van der Waals surface area contributed by atoms with Gasteiger partial charge in [0.1, 0.15) is 6.04 Å². The first-order valence-corrected chi connectivity index (χ1v) is 9.78. The summed E-state index contributed by atoms with van der Waals surface area (Å²) in [6.45, 7) is 0. The topological polar surface area (TPSA) is 102 Å². The van der Waals surface area contributed by atoms with Crippen molar-refractivity contribution in [3.8, 4) is 0 Å². The molecule has 1 aromatic rings. The zero-order chi connectivity index (χ0) is 17.2. The number of carbonyl (C=O) groups excluding carboxylic acids is 1. The molecule has 4 N–H and O–H groups in total. The summed E-state index contributed by atoms with van der Waals surface area (Å²) in [5.41, 5.74) is 6.72. The van der Waals surface area contributed by atoms with Gasteiger partial charge in [-0.2, -0.15) is 11.8 Å². The number of thioether (sulfide) groups is 2. The number of rotatable bonds is 5. The lowest BCUT2D eigenvalue weighted by Crippen LogP contribution is -2.49. The van der Waals surface area contributed by atoms with Gasteiger partial charge < -0.3 is 9.84 Å². The van der Waals surface area contributed by atoms with Gasteiger partial charge in [0.15, 0.2) is 6.23 Å². The molecule has 0 amide bonds. The standard InChI is InChI=1S/C16H20N2O4S2/c17-14(10-4-2-1-3-5-10)22-15(21)13-16(6-7-23-9-16)24-11(18-13)8-12(19)20/h1-5,11,13-14,18H,6-9,17H2,(H,19,20). The molecule has 2 saturated heterocycles. The summed E-state index contributed by atoms with van der Waals surface area (Å²) in [6, 6.07) is 8.63. The number of hydrogen-bond acceptors (Lipinski definition) is 7. The Morgan fingerprint density at radius 1 is 1.42 bits per heavy atom. The van der Waals surface area contributed by atoms with E-state index in [0.717, 1.165) is 23.5 Å². The van der Waals surface area contributed by atoms with Gasteiger partial charge in [-0.3, -0.25) is 20.6 Å². The Kier molecular flexibility index (Phi) is 5.39. The molecule has 130 valence electrons. The van der Waals surface area contributed by atoms with Crippen molar-refractivity contribution in [3.05, 3.63) is 35.9 Å². The van der Waals surface area contributed by atoms with E-state index in [1.54, 1.807) is 23.5 Å². The first kappa shape index (κ1) is 17.6. The molecular formula is C16H20N2O4S2. The summed E-state index contributed by atoms with van der Waals surface area (Å²) in [6.07, 6.45) is 0.00680. The molecule has 0 aliphatic carbocycles. The molecule has 4 atom stereocenters. The fraction of sp³-hybridized carbons (Fsp3) is 0.500. The van der Waals surface area contributed by atoms with Gasteiger partial charge in [0.25, 0.3) is 0 Å². The normalized spacial score (nSPS) is 30.4. The Morgan fingerprint density at radius 2 is 2.17 bits per heavy atom. The Hall–Kier alpha value is -1.22. The Morgan fingerprint density at radius 3 is 2.79 bits per heavy atom. The molecule has 2 aliphatic heterocycles. The zero-order valence-corrected chi connectivity index (χ0v) is 14.6. The maximum Gasteiger partial charge on any atom is 0.326 e. The van der Waals surface area contributed by atoms with Crippen molar-refractivity contribution in [1.29, 1.82) is 0 Å². The molecule has 24 heavy (non-hydrogen) atoms. The molecule has 1 aromatic carbocycles. The lowest BCUT2D eigenvalue weighted by Gasteiger charge is -2.28. The van der Waals surface area contributed by atoms with Crippen LogP contribution in [0.1, 0.15) is 24.6 Å². The highest BCUT2D eigenvalue weighted by atomic mass is 32.2. The van der Waals surface area contributed by atoms with Gasteiger partial charge in [0, 0.05) is 11.3 Å². The lowest BCUT2D eigenvalue weighted by molar-refractivity contribution is -0.152. The van der Waals surface area contributed by atoms with Gasteiger partial charge in [-0.05, 0) is 12.2 Å². The van der Waals surface area contributed by atoms with E-state index < -0.39 is 24.2 Å². The Bertz CT molecular complexity index is 607. The van der Waals surface area contributed by atoms with E-state index in [4.69, 9.17) is 15.6 Å². The van der Waals surface area contributed by atoms with Crippen LogP contribution in [-0.2, 0) is 14.3 Å². The van der Waals surface area contributed by atoms with E-state index in [0.29, 0.717) is 0 Å². The predicted octanol–water partition coefficient (Wildman–Crippen LogP) is 1.57. The van der Waals surface area contributed by atoms with E-state index in [1.165, 1.54) is 0 Å². The van der Waals surface area contributed by atoms with Crippen LogP contribution in [0.5, 0.6) is 0 Å². The number of aliphatic carboxylic acids is 1. The van der Waals surface area contributed by atoms with Gasteiger partial charge in [-0.15, -0.1) is 11.8 Å². The van der Waals surface area contributed by atoms with Crippen molar-refractivity contribution < 1.29 is 19.4 Å². The lowest BCUT2D eigenvalue weighted by atomic mass is 9.98. The molecule has 3 rings (SSSR count). The van der Waals surface area contributed by atoms with Crippen LogP contribution in [0.15, 0.2) is 30.3 Å². The molecule has 4 unspecified atom stereocenters. The molecule has 0 saturated carbocycles. The van der Waals surface area contributed by atoms with Gasteiger partial charge >= 0.3 is 11.9 Å². The predicted molar refractivity (Wildman–Crippen MR) is 94.7 cm³/mol. The third kappa shape index (κ3) is 3.72. The van der Waals surface area contributed by atoms with Crippen molar-refractivity contribution in [2.24, 2.45) is 5.73 Å². The molecule has 0 radical (unpaired) electrons. The summed E-state index contributed by atoms with van der Waals surface area (Å²) in [4.78, 5) is 23.7. The first-order chi connectivity index (χ1) is 11.5. The quantitative estimate of drug-likeness (QED) is 0.532. The molecule has 2 heterocycles. The highest BCUT2D eigenvalue weighted by Gasteiger charge is 2.54. The number of nitrogens with one attached hydrogen (secondary N) is 1. The summed E-state index contributed by atoms with van der Waals surface area (Å²) >= 11 is 3.33. The minimum absolute atomic E-state index is 0.0222. The van der Waals surface area contributed by atoms with Crippen LogP contribution in [-0.4, -0.2) is 44.7 Å². The largest absolute Gasteiger partial charge is 0.481 e. The number of esters is 1. The van der Waals surface area contributed by atoms with Crippen LogP contribution in [0.3, 0.4) is 0 Å². The highest BCUT2D eigenvalue weighted by Crippen LogP contribution is 2.49. The summed E-state index contributed by atoms with van der Waals surface area (Å²) in [7, 11) is 0. The zero-order valence-electron chi connectivity index (χ0n) is 13.0. The van der Waals surface area contributed by atoms with Crippen molar-refractivity contribution >= 4 is 35.5 Å². The average Bonchev–Trinajstić information content (AvgIpc) is 3.15. The Balaban J connectivity index is 1.71. The van der Waals surface area contributed by atoms with Crippen LogP contribution in [0.2, 0.25) is 0 Å². The number of carboxylic acid groups (broad SMARTS) is 1. The van der Waals surface area contributed by atoms with Crippen LogP contribution in [0.4, 0.5) is 0 Å². The van der Waals surface area contributed by atoms with Crippen LogP contribution < -0.4 is 11.1 Å². The van der Waals surface area contributed by atoms with E-state index >= 15 is 0 Å². The summed E-state index contributed by atoms with van der Waals surface area (Å²) in [5, 5.41) is 11.9. The van der Waals surface area contributed by atoms with Crippen LogP contribution in [0.25, 0.3) is 0 Å².